The van der Waals surface area contributed by atoms with Crippen LogP contribution >= 0.6 is 0 Å². The van der Waals surface area contributed by atoms with E-state index in [1.807, 2.05) is 11.9 Å². The van der Waals surface area contributed by atoms with Gasteiger partial charge in [0.25, 0.3) is 0 Å². The summed E-state index contributed by atoms with van der Waals surface area (Å²) >= 11 is 0. The van der Waals surface area contributed by atoms with Crippen molar-refractivity contribution in [3.8, 4) is 0 Å². The van der Waals surface area contributed by atoms with Gasteiger partial charge in [-0.05, 0) is 12.8 Å². The highest BCUT2D eigenvalue weighted by molar-refractivity contribution is 5.93. The summed E-state index contributed by atoms with van der Waals surface area (Å²) in [6, 6.07) is 1.94. The van der Waals surface area contributed by atoms with Crippen molar-refractivity contribution in [3.63, 3.8) is 0 Å². The Labute approximate surface area is 111 Å². The van der Waals surface area contributed by atoms with Gasteiger partial charge in [0.2, 0.25) is 0 Å². The maximum absolute atomic E-state index is 11.7. The zero-order valence-corrected chi connectivity index (χ0v) is 11.1. The average molecular weight is 266 g/mol. The van der Waals surface area contributed by atoms with Gasteiger partial charge in [-0.1, -0.05) is 0 Å². The van der Waals surface area contributed by atoms with Crippen LogP contribution in [0.15, 0.2) is 6.07 Å². The molecule has 1 aromatic heterocycles. The normalized spacial score (nSPS) is 16.1. The Balaban J connectivity index is 2.30. The van der Waals surface area contributed by atoms with E-state index in [2.05, 4.69) is 10.2 Å². The van der Waals surface area contributed by atoms with Gasteiger partial charge in [-0.3, -0.25) is 0 Å². The number of rotatable bonds is 3. The number of ether oxygens (including phenoxy) is 2. The second kappa shape index (κ2) is 5.83. The standard InChI is InChI=1S/C12H18N4O3/c1-16(8-3-5-19-6-4-8)9-7-10(13)14-15-11(9)12(17)18-2/h7-8H,3-6H2,1-2H3,(H2,13,14). The van der Waals surface area contributed by atoms with Crippen LogP contribution in [0, 0.1) is 0 Å². The summed E-state index contributed by atoms with van der Waals surface area (Å²) in [5, 5.41) is 7.55. The van der Waals surface area contributed by atoms with Gasteiger partial charge in [-0.25, -0.2) is 4.79 Å². The zero-order valence-electron chi connectivity index (χ0n) is 11.1. The third-order valence-corrected chi connectivity index (χ3v) is 3.29. The summed E-state index contributed by atoms with van der Waals surface area (Å²) in [7, 11) is 3.23. The van der Waals surface area contributed by atoms with Crippen LogP contribution in [0.2, 0.25) is 0 Å². The molecule has 0 atom stereocenters. The van der Waals surface area contributed by atoms with Gasteiger partial charge >= 0.3 is 5.97 Å². The summed E-state index contributed by atoms with van der Waals surface area (Å²) in [5.41, 5.74) is 6.49. The Hall–Kier alpha value is -1.89. The summed E-state index contributed by atoms with van der Waals surface area (Å²) in [4.78, 5) is 13.7. The molecule has 1 saturated heterocycles. The van der Waals surface area contributed by atoms with Crippen LogP contribution in [-0.2, 0) is 9.47 Å². The Morgan fingerprint density at radius 3 is 2.79 bits per heavy atom. The third-order valence-electron chi connectivity index (χ3n) is 3.29. The van der Waals surface area contributed by atoms with E-state index in [0.717, 1.165) is 26.1 Å². The molecular weight excluding hydrogens is 248 g/mol. The minimum atomic E-state index is -0.513. The molecule has 7 heteroatoms. The van der Waals surface area contributed by atoms with Gasteiger partial charge < -0.3 is 20.1 Å². The predicted octanol–water partition coefficient (Wildman–Crippen LogP) is 0.461. The molecule has 0 bridgehead atoms. The fourth-order valence-corrected chi connectivity index (χ4v) is 2.18. The number of nitrogens with zero attached hydrogens (tertiary/aromatic N) is 3. The van der Waals surface area contributed by atoms with E-state index >= 15 is 0 Å². The van der Waals surface area contributed by atoms with E-state index in [-0.39, 0.29) is 11.5 Å². The van der Waals surface area contributed by atoms with Gasteiger partial charge in [-0.15, -0.1) is 10.2 Å². The summed E-state index contributed by atoms with van der Waals surface area (Å²) < 4.78 is 10.1. The molecule has 1 aliphatic heterocycles. The number of esters is 1. The predicted molar refractivity (Wildman–Crippen MR) is 70.0 cm³/mol. The second-order valence-electron chi connectivity index (χ2n) is 4.45. The molecule has 0 aliphatic carbocycles. The molecule has 0 unspecified atom stereocenters. The lowest BCUT2D eigenvalue weighted by Gasteiger charge is -2.33. The van der Waals surface area contributed by atoms with Crippen molar-refractivity contribution in [1.29, 1.82) is 0 Å². The molecule has 0 radical (unpaired) electrons. The second-order valence-corrected chi connectivity index (χ2v) is 4.45. The van der Waals surface area contributed by atoms with Gasteiger partial charge in [-0.2, -0.15) is 0 Å². The minimum Gasteiger partial charge on any atom is -0.464 e. The molecule has 7 nitrogen and oxygen atoms in total. The van der Waals surface area contributed by atoms with Crippen LogP contribution in [-0.4, -0.2) is 49.6 Å². The van der Waals surface area contributed by atoms with Crippen molar-refractivity contribution in [2.75, 3.05) is 38.0 Å². The van der Waals surface area contributed by atoms with Crippen LogP contribution in [0.1, 0.15) is 23.3 Å². The fraction of sp³-hybridized carbons (Fsp3) is 0.583. The van der Waals surface area contributed by atoms with Crippen molar-refractivity contribution in [2.24, 2.45) is 0 Å². The zero-order chi connectivity index (χ0) is 13.8. The molecule has 2 heterocycles. The monoisotopic (exact) mass is 266 g/mol. The maximum Gasteiger partial charge on any atom is 0.360 e. The first-order valence-electron chi connectivity index (χ1n) is 6.15. The number of hydrogen-bond donors (Lipinski definition) is 1. The SMILES string of the molecule is COC(=O)c1nnc(N)cc1N(C)C1CCOCC1. The van der Waals surface area contributed by atoms with Crippen molar-refractivity contribution < 1.29 is 14.3 Å². The highest BCUT2D eigenvalue weighted by Gasteiger charge is 2.24. The van der Waals surface area contributed by atoms with Gasteiger partial charge in [0.05, 0.1) is 12.8 Å². The van der Waals surface area contributed by atoms with E-state index in [0.29, 0.717) is 11.7 Å². The summed E-state index contributed by atoms with van der Waals surface area (Å²) in [6.07, 6.45) is 1.80. The van der Waals surface area contributed by atoms with E-state index in [4.69, 9.17) is 15.2 Å². The molecule has 1 aromatic rings. The van der Waals surface area contributed by atoms with E-state index < -0.39 is 5.97 Å². The van der Waals surface area contributed by atoms with Crippen LogP contribution in [0.4, 0.5) is 11.5 Å². The number of carbonyl (C=O) groups excluding carboxylic acids is 1. The highest BCUT2D eigenvalue weighted by Crippen LogP contribution is 2.25. The molecule has 19 heavy (non-hydrogen) atoms. The summed E-state index contributed by atoms with van der Waals surface area (Å²) in [6.45, 7) is 1.44. The topological polar surface area (TPSA) is 90.6 Å². The number of nitrogen functional groups attached to an aromatic ring is 1. The first kappa shape index (κ1) is 13.5. The molecule has 0 amide bonds. The number of hydrogen-bond acceptors (Lipinski definition) is 7. The van der Waals surface area contributed by atoms with Crippen LogP contribution in [0.3, 0.4) is 0 Å². The Morgan fingerprint density at radius 1 is 1.47 bits per heavy atom. The van der Waals surface area contributed by atoms with Crippen LogP contribution in [0.5, 0.6) is 0 Å². The van der Waals surface area contributed by atoms with Crippen molar-refractivity contribution in [3.05, 3.63) is 11.8 Å². The fourth-order valence-electron chi connectivity index (χ4n) is 2.18. The Bertz CT molecular complexity index is 460. The smallest absolute Gasteiger partial charge is 0.360 e. The molecule has 2 N–H and O–H groups in total. The molecule has 2 rings (SSSR count). The number of aromatic nitrogens is 2. The molecular formula is C12H18N4O3. The number of carbonyl (C=O) groups is 1. The molecule has 104 valence electrons. The van der Waals surface area contributed by atoms with Gasteiger partial charge in [0.15, 0.2) is 5.69 Å². The van der Waals surface area contributed by atoms with Gasteiger partial charge in [0, 0.05) is 32.4 Å². The number of anilines is 2. The van der Waals surface area contributed by atoms with E-state index in [9.17, 15) is 4.79 Å². The first-order chi connectivity index (χ1) is 9.13. The Morgan fingerprint density at radius 2 is 2.16 bits per heavy atom. The van der Waals surface area contributed by atoms with Gasteiger partial charge in [0.1, 0.15) is 5.82 Å². The van der Waals surface area contributed by atoms with Crippen molar-refractivity contribution in [1.82, 2.24) is 10.2 Å². The molecule has 0 spiro atoms. The quantitative estimate of drug-likeness (QED) is 0.795. The number of methoxy groups -OCH3 is 1. The van der Waals surface area contributed by atoms with Crippen molar-refractivity contribution >= 4 is 17.5 Å². The van der Waals surface area contributed by atoms with Crippen LogP contribution in [0.25, 0.3) is 0 Å². The Kier molecular flexibility index (Phi) is 4.16. The van der Waals surface area contributed by atoms with E-state index in [1.54, 1.807) is 6.07 Å². The minimum absolute atomic E-state index is 0.186. The lowest BCUT2D eigenvalue weighted by atomic mass is 10.1. The average Bonchev–Trinajstić information content (AvgIpc) is 2.46. The molecule has 1 aliphatic rings. The lowest BCUT2D eigenvalue weighted by Crippen LogP contribution is -2.37. The molecule has 1 fully saturated rings. The van der Waals surface area contributed by atoms with Crippen molar-refractivity contribution in [2.45, 2.75) is 18.9 Å². The highest BCUT2D eigenvalue weighted by atomic mass is 16.5. The maximum atomic E-state index is 11.7. The lowest BCUT2D eigenvalue weighted by molar-refractivity contribution is 0.0593. The molecule has 0 saturated carbocycles. The third kappa shape index (κ3) is 2.93. The first-order valence-corrected chi connectivity index (χ1v) is 6.15. The molecule has 0 aromatic carbocycles. The largest absolute Gasteiger partial charge is 0.464 e. The van der Waals surface area contributed by atoms with E-state index in [1.165, 1.54) is 7.11 Å². The van der Waals surface area contributed by atoms with Crippen LogP contribution < -0.4 is 10.6 Å². The summed E-state index contributed by atoms with van der Waals surface area (Å²) in [5.74, 6) is -0.233. The number of nitrogens with two attached hydrogens (primary N) is 1.